The molecule has 1 unspecified atom stereocenters. The van der Waals surface area contributed by atoms with Crippen molar-refractivity contribution in [1.29, 1.82) is 0 Å². The number of thioether (sulfide) groups is 1. The van der Waals surface area contributed by atoms with Gasteiger partial charge in [0.2, 0.25) is 11.4 Å². The zero-order valence-electron chi connectivity index (χ0n) is 13.0. The van der Waals surface area contributed by atoms with Gasteiger partial charge < -0.3 is 5.32 Å². The van der Waals surface area contributed by atoms with Crippen molar-refractivity contribution in [2.24, 2.45) is 0 Å². The van der Waals surface area contributed by atoms with E-state index in [0.29, 0.717) is 16.1 Å². The average Bonchev–Trinajstić information content (AvgIpc) is 2.54. The second-order valence-electron chi connectivity index (χ2n) is 5.22. The fraction of sp³-hybridized carbons (Fsp3) is 0.235. The molecule has 0 saturated carbocycles. The van der Waals surface area contributed by atoms with Crippen LogP contribution >= 0.6 is 23.4 Å². The van der Waals surface area contributed by atoms with E-state index in [-0.39, 0.29) is 28.8 Å². The summed E-state index contributed by atoms with van der Waals surface area (Å²) in [5.41, 5.74) is -1.78. The van der Waals surface area contributed by atoms with E-state index in [1.807, 2.05) is 0 Å². The summed E-state index contributed by atoms with van der Waals surface area (Å²) in [5, 5.41) is 2.76. The van der Waals surface area contributed by atoms with Crippen LogP contribution in [0.1, 0.15) is 11.1 Å². The first-order chi connectivity index (χ1) is 11.8. The third-order valence-corrected chi connectivity index (χ3v) is 4.78. The van der Waals surface area contributed by atoms with E-state index in [9.17, 15) is 22.4 Å². The van der Waals surface area contributed by atoms with Gasteiger partial charge >= 0.3 is 0 Å². The number of hydrogen-bond acceptors (Lipinski definition) is 2. The smallest absolute Gasteiger partial charge is 0.278 e. The molecule has 2 aromatic rings. The van der Waals surface area contributed by atoms with Crippen LogP contribution in [0.3, 0.4) is 0 Å². The quantitative estimate of drug-likeness (QED) is 0.511. The van der Waals surface area contributed by atoms with Gasteiger partial charge in [-0.2, -0.15) is 0 Å². The molecule has 2 aromatic carbocycles. The first kappa shape index (κ1) is 19.6. The van der Waals surface area contributed by atoms with E-state index in [2.05, 4.69) is 5.32 Å². The van der Waals surface area contributed by atoms with Crippen LogP contribution in [-0.4, -0.2) is 17.8 Å². The van der Waals surface area contributed by atoms with Gasteiger partial charge in [0.15, 0.2) is 0 Å². The molecule has 134 valence electrons. The van der Waals surface area contributed by atoms with Crippen LogP contribution in [0.4, 0.5) is 23.2 Å². The lowest BCUT2D eigenvalue weighted by Crippen LogP contribution is -2.16. The highest BCUT2D eigenvalue weighted by molar-refractivity contribution is 7.99. The van der Waals surface area contributed by atoms with Crippen molar-refractivity contribution in [3.05, 3.63) is 58.4 Å². The maximum Gasteiger partial charge on any atom is 0.278 e. The zero-order chi connectivity index (χ0) is 18.6. The first-order valence-corrected chi connectivity index (χ1v) is 8.46. The largest absolute Gasteiger partial charge is 0.323 e. The molecule has 8 heteroatoms. The van der Waals surface area contributed by atoms with Crippen molar-refractivity contribution in [1.82, 2.24) is 0 Å². The van der Waals surface area contributed by atoms with Gasteiger partial charge in [0.1, 0.15) is 5.82 Å². The Morgan fingerprint density at radius 3 is 2.56 bits per heavy atom. The molecule has 1 N–H and O–H groups in total. The molecule has 0 aromatic heterocycles. The molecule has 0 spiro atoms. The normalized spacial score (nSPS) is 12.3. The zero-order valence-corrected chi connectivity index (χ0v) is 14.6. The number of benzene rings is 2. The highest BCUT2D eigenvalue weighted by Crippen LogP contribution is 2.34. The number of carbonyl (C=O) groups is 1. The highest BCUT2D eigenvalue weighted by Gasteiger charge is 2.22. The third kappa shape index (κ3) is 5.37. The van der Waals surface area contributed by atoms with E-state index in [1.165, 1.54) is 6.92 Å². The van der Waals surface area contributed by atoms with Gasteiger partial charge in [-0.3, -0.25) is 4.79 Å². The second-order valence-corrected chi connectivity index (χ2v) is 6.75. The van der Waals surface area contributed by atoms with Gasteiger partial charge in [-0.25, -0.2) is 17.6 Å². The second kappa shape index (κ2) is 8.58. The van der Waals surface area contributed by atoms with Crippen molar-refractivity contribution < 1.29 is 22.4 Å². The van der Waals surface area contributed by atoms with Crippen LogP contribution in [0.2, 0.25) is 5.02 Å². The lowest BCUT2D eigenvalue weighted by molar-refractivity contribution is -0.115. The Hall–Kier alpha value is -1.73. The summed E-state index contributed by atoms with van der Waals surface area (Å²) in [6.45, 7) is 1.47. The SMILES string of the molecule is Cc1cc(F)c(NC(=O)Cc2ccccc2Cl)cc1SC(F)C(F)F. The minimum Gasteiger partial charge on any atom is -0.323 e. The number of alkyl halides is 3. The van der Waals surface area contributed by atoms with Crippen molar-refractivity contribution in [2.75, 3.05) is 5.32 Å². The van der Waals surface area contributed by atoms with Crippen LogP contribution < -0.4 is 5.32 Å². The van der Waals surface area contributed by atoms with Crippen LogP contribution in [0.25, 0.3) is 0 Å². The van der Waals surface area contributed by atoms with E-state index < -0.39 is 23.7 Å². The molecular weight excluding hydrogens is 378 g/mol. The summed E-state index contributed by atoms with van der Waals surface area (Å²) in [6, 6.07) is 8.91. The van der Waals surface area contributed by atoms with E-state index >= 15 is 0 Å². The molecule has 0 aliphatic carbocycles. The molecule has 0 heterocycles. The van der Waals surface area contributed by atoms with Gasteiger partial charge in [-0.05, 0) is 36.2 Å². The molecule has 0 aliphatic heterocycles. The van der Waals surface area contributed by atoms with Crippen molar-refractivity contribution in [3.8, 4) is 0 Å². The molecule has 0 aliphatic rings. The minimum absolute atomic E-state index is 0.0851. The number of carbonyl (C=O) groups excluding carboxylic acids is 1. The third-order valence-electron chi connectivity index (χ3n) is 3.29. The molecule has 25 heavy (non-hydrogen) atoms. The number of aryl methyl sites for hydroxylation is 1. The maximum atomic E-state index is 14.0. The number of halogens is 5. The first-order valence-electron chi connectivity index (χ1n) is 7.20. The molecule has 2 rings (SSSR count). The van der Waals surface area contributed by atoms with E-state index in [1.54, 1.807) is 24.3 Å². The maximum absolute atomic E-state index is 14.0. The fourth-order valence-corrected chi connectivity index (χ4v) is 3.04. The molecule has 0 saturated heterocycles. The Labute approximate surface area is 151 Å². The number of rotatable bonds is 6. The average molecular weight is 392 g/mol. The Morgan fingerprint density at radius 1 is 1.24 bits per heavy atom. The van der Waals surface area contributed by atoms with Crippen LogP contribution in [0, 0.1) is 12.7 Å². The summed E-state index contributed by atoms with van der Waals surface area (Å²) in [5.74, 6) is -1.26. The summed E-state index contributed by atoms with van der Waals surface area (Å²) in [4.78, 5) is 12.2. The molecule has 1 atom stereocenters. The van der Waals surface area contributed by atoms with Crippen LogP contribution in [-0.2, 0) is 11.2 Å². The Kier molecular flexibility index (Phi) is 6.72. The number of nitrogens with one attached hydrogen (secondary N) is 1. The van der Waals surface area contributed by atoms with Gasteiger partial charge in [0, 0.05) is 9.92 Å². The lowest BCUT2D eigenvalue weighted by Gasteiger charge is -2.13. The van der Waals surface area contributed by atoms with E-state index in [0.717, 1.165) is 12.1 Å². The van der Waals surface area contributed by atoms with Gasteiger partial charge in [0.25, 0.3) is 6.43 Å². The predicted octanol–water partition coefficient (Wildman–Crippen LogP) is 5.62. The monoisotopic (exact) mass is 391 g/mol. The number of amides is 1. The summed E-state index contributed by atoms with van der Waals surface area (Å²) < 4.78 is 52.0. The summed E-state index contributed by atoms with van der Waals surface area (Å²) in [6.07, 6.45) is -3.24. The number of anilines is 1. The topological polar surface area (TPSA) is 29.1 Å². The minimum atomic E-state index is -3.16. The lowest BCUT2D eigenvalue weighted by atomic mass is 10.1. The Morgan fingerprint density at radius 2 is 1.92 bits per heavy atom. The highest BCUT2D eigenvalue weighted by atomic mass is 35.5. The summed E-state index contributed by atoms with van der Waals surface area (Å²) in [7, 11) is 0. The van der Waals surface area contributed by atoms with Crippen molar-refractivity contribution >= 4 is 35.0 Å². The van der Waals surface area contributed by atoms with Gasteiger partial charge in [0.05, 0.1) is 12.1 Å². The molecule has 2 nitrogen and oxygen atoms in total. The fourth-order valence-electron chi connectivity index (χ4n) is 2.06. The van der Waals surface area contributed by atoms with Gasteiger partial charge in [-0.15, -0.1) is 0 Å². The van der Waals surface area contributed by atoms with Gasteiger partial charge in [-0.1, -0.05) is 41.6 Å². The summed E-state index contributed by atoms with van der Waals surface area (Å²) >= 11 is 6.24. The van der Waals surface area contributed by atoms with Crippen molar-refractivity contribution in [3.63, 3.8) is 0 Å². The molecule has 1 amide bonds. The predicted molar refractivity (Wildman–Crippen MR) is 91.7 cm³/mol. The molecule has 0 radical (unpaired) electrons. The van der Waals surface area contributed by atoms with E-state index in [4.69, 9.17) is 11.6 Å². The molecular formula is C17H14ClF4NOS. The van der Waals surface area contributed by atoms with Crippen molar-refractivity contribution in [2.45, 2.75) is 30.2 Å². The van der Waals surface area contributed by atoms with Crippen LogP contribution in [0.15, 0.2) is 41.3 Å². The number of hydrogen-bond donors (Lipinski definition) is 1. The Bertz CT molecular complexity index is 772. The molecule has 0 bridgehead atoms. The standard InChI is InChI=1S/C17H14ClF4NOS/c1-9-6-12(19)13(8-14(9)25-17(22)16(20)21)23-15(24)7-10-4-2-3-5-11(10)18/h2-6,8,16-17H,7H2,1H3,(H,23,24). The Balaban J connectivity index is 2.15. The molecule has 0 fully saturated rings. The van der Waals surface area contributed by atoms with Crippen LogP contribution in [0.5, 0.6) is 0 Å².